The molecule has 1 aromatic carbocycles. The van der Waals surface area contributed by atoms with Crippen molar-refractivity contribution in [3.8, 4) is 5.75 Å². The first-order chi connectivity index (χ1) is 13.0. The maximum absolute atomic E-state index is 12.3. The van der Waals surface area contributed by atoms with Crippen molar-refractivity contribution in [3.05, 3.63) is 28.3 Å². The van der Waals surface area contributed by atoms with E-state index in [1.165, 1.54) is 43.1 Å². The minimum Gasteiger partial charge on any atom is -0.495 e. The van der Waals surface area contributed by atoms with Crippen molar-refractivity contribution in [1.29, 1.82) is 0 Å². The summed E-state index contributed by atoms with van der Waals surface area (Å²) in [6, 6.07) is 3.78. The number of carbonyl (C=O) groups is 1. The molecule has 0 spiro atoms. The van der Waals surface area contributed by atoms with Crippen LogP contribution in [0.2, 0.25) is 0 Å². The van der Waals surface area contributed by atoms with Crippen molar-refractivity contribution in [2.45, 2.75) is 32.2 Å². The van der Waals surface area contributed by atoms with E-state index in [9.17, 15) is 14.9 Å². The number of aromatic nitrogens is 2. The second-order valence-corrected chi connectivity index (χ2v) is 7.10. The lowest BCUT2D eigenvalue weighted by Gasteiger charge is -2.32. The number of amides is 2. The molecule has 11 heteroatoms. The molecule has 2 N–H and O–H groups in total. The highest BCUT2D eigenvalue weighted by atomic mass is 32.1. The number of urea groups is 1. The highest BCUT2D eigenvalue weighted by Gasteiger charge is 2.22. The number of methoxy groups -OCH3 is 1. The third kappa shape index (κ3) is 4.42. The number of nitrogens with zero attached hydrogens (tertiary/aromatic N) is 4. The van der Waals surface area contributed by atoms with Crippen LogP contribution in [0.1, 0.15) is 26.2 Å². The number of nitro groups is 1. The fourth-order valence-corrected chi connectivity index (χ4v) is 3.79. The Morgan fingerprint density at radius 3 is 2.89 bits per heavy atom. The van der Waals surface area contributed by atoms with Gasteiger partial charge in [0, 0.05) is 24.7 Å². The molecule has 1 aliphatic heterocycles. The lowest BCUT2D eigenvalue weighted by molar-refractivity contribution is -0.384. The van der Waals surface area contributed by atoms with Gasteiger partial charge in [-0.15, -0.1) is 10.2 Å². The molecule has 1 aliphatic rings. The molecule has 1 aromatic heterocycles. The Hall–Kier alpha value is -2.95. The molecule has 0 unspecified atom stereocenters. The van der Waals surface area contributed by atoms with Gasteiger partial charge in [0.25, 0.3) is 5.69 Å². The maximum Gasteiger partial charge on any atom is 0.325 e. The summed E-state index contributed by atoms with van der Waals surface area (Å²) in [5.74, 6) is 0.316. The second-order valence-electron chi connectivity index (χ2n) is 6.15. The van der Waals surface area contributed by atoms with Crippen LogP contribution in [0.5, 0.6) is 5.75 Å². The van der Waals surface area contributed by atoms with Crippen LogP contribution < -0.4 is 20.3 Å². The second kappa shape index (κ2) is 8.16. The molecule has 27 heavy (non-hydrogen) atoms. The molecule has 10 nitrogen and oxygen atoms in total. The largest absolute Gasteiger partial charge is 0.495 e. The number of nitro benzene ring substituents is 1. The van der Waals surface area contributed by atoms with Crippen LogP contribution in [0.25, 0.3) is 0 Å². The van der Waals surface area contributed by atoms with Crippen molar-refractivity contribution >= 4 is 39.0 Å². The van der Waals surface area contributed by atoms with Gasteiger partial charge in [0.15, 0.2) is 0 Å². The topological polar surface area (TPSA) is 123 Å². The van der Waals surface area contributed by atoms with E-state index in [1.807, 2.05) is 0 Å². The van der Waals surface area contributed by atoms with Crippen LogP contribution >= 0.6 is 11.3 Å². The summed E-state index contributed by atoms with van der Waals surface area (Å²) < 4.78 is 5.13. The van der Waals surface area contributed by atoms with E-state index in [0.29, 0.717) is 16.9 Å². The molecule has 1 saturated heterocycles. The summed E-state index contributed by atoms with van der Waals surface area (Å²) in [6.07, 6.45) is 3.42. The molecule has 2 amide bonds. The average molecular weight is 392 g/mol. The first-order valence-corrected chi connectivity index (χ1v) is 9.30. The zero-order valence-corrected chi connectivity index (χ0v) is 15.8. The van der Waals surface area contributed by atoms with E-state index in [0.717, 1.165) is 24.5 Å². The molecule has 1 atom stereocenters. The van der Waals surface area contributed by atoms with Crippen molar-refractivity contribution in [3.63, 3.8) is 0 Å². The Bertz CT molecular complexity index is 842. The standard InChI is InChI=1S/C16H20N6O4S/c1-10-5-3-4-8-21(10)16-20-19-15(27-16)18-14(23)17-12-9-11(22(24)25)6-7-13(12)26-2/h6-7,9-10H,3-5,8H2,1-2H3,(H2,17,18,19,23)/t10-/m1/s1. The number of carbonyl (C=O) groups excluding carboxylic acids is 1. The highest BCUT2D eigenvalue weighted by Crippen LogP contribution is 2.31. The van der Waals surface area contributed by atoms with E-state index in [4.69, 9.17) is 4.74 Å². The smallest absolute Gasteiger partial charge is 0.325 e. The zero-order valence-electron chi connectivity index (χ0n) is 15.0. The molecule has 1 fully saturated rings. The quantitative estimate of drug-likeness (QED) is 0.590. The number of ether oxygens (including phenoxy) is 1. The molecule has 0 bridgehead atoms. The number of nitrogens with one attached hydrogen (secondary N) is 2. The van der Waals surface area contributed by atoms with Gasteiger partial charge >= 0.3 is 6.03 Å². The molecule has 0 radical (unpaired) electrons. The molecular weight excluding hydrogens is 372 g/mol. The molecule has 2 heterocycles. The van der Waals surface area contributed by atoms with Gasteiger partial charge < -0.3 is 15.0 Å². The zero-order chi connectivity index (χ0) is 19.4. The van der Waals surface area contributed by atoms with E-state index < -0.39 is 11.0 Å². The Morgan fingerprint density at radius 2 is 2.19 bits per heavy atom. The van der Waals surface area contributed by atoms with Crippen LogP contribution in [-0.4, -0.2) is 40.8 Å². The minimum atomic E-state index is -0.580. The SMILES string of the molecule is COc1ccc([N+](=O)[O-])cc1NC(=O)Nc1nnc(N2CCCC[C@H]2C)s1. The van der Waals surface area contributed by atoms with E-state index >= 15 is 0 Å². The molecule has 0 saturated carbocycles. The molecular formula is C16H20N6O4S. The maximum atomic E-state index is 12.3. The van der Waals surface area contributed by atoms with Gasteiger partial charge in [-0.05, 0) is 32.3 Å². The lowest BCUT2D eigenvalue weighted by Crippen LogP contribution is -2.37. The Morgan fingerprint density at radius 1 is 1.37 bits per heavy atom. The summed E-state index contributed by atoms with van der Waals surface area (Å²) in [7, 11) is 1.42. The third-order valence-electron chi connectivity index (χ3n) is 4.33. The third-order valence-corrected chi connectivity index (χ3v) is 5.20. The van der Waals surface area contributed by atoms with Gasteiger partial charge in [0.05, 0.1) is 17.7 Å². The van der Waals surface area contributed by atoms with Crippen molar-refractivity contribution in [2.75, 3.05) is 29.2 Å². The van der Waals surface area contributed by atoms with Crippen LogP contribution in [0.4, 0.5) is 26.4 Å². The molecule has 2 aromatic rings. The summed E-state index contributed by atoms with van der Waals surface area (Å²) in [6.45, 7) is 3.07. The van der Waals surface area contributed by atoms with Gasteiger partial charge in [0.2, 0.25) is 10.3 Å². The molecule has 0 aliphatic carbocycles. The van der Waals surface area contributed by atoms with Crippen LogP contribution in [0.3, 0.4) is 0 Å². The van der Waals surface area contributed by atoms with Gasteiger partial charge in [-0.1, -0.05) is 11.3 Å². The Kier molecular flexibility index (Phi) is 5.69. The predicted octanol–water partition coefficient (Wildman–Crippen LogP) is 3.48. The van der Waals surface area contributed by atoms with E-state index in [1.54, 1.807) is 0 Å². The monoisotopic (exact) mass is 392 g/mol. The number of hydrogen-bond acceptors (Lipinski definition) is 8. The number of non-ortho nitro benzene ring substituents is 1. The van der Waals surface area contributed by atoms with Gasteiger partial charge in [-0.25, -0.2) is 4.79 Å². The summed E-state index contributed by atoms with van der Waals surface area (Å²) in [4.78, 5) is 24.8. The fraction of sp³-hybridized carbons (Fsp3) is 0.438. The van der Waals surface area contributed by atoms with Crippen LogP contribution in [0.15, 0.2) is 18.2 Å². The normalized spacial score (nSPS) is 16.7. The molecule has 3 rings (SSSR count). The highest BCUT2D eigenvalue weighted by molar-refractivity contribution is 7.19. The van der Waals surface area contributed by atoms with Crippen LogP contribution in [0, 0.1) is 10.1 Å². The van der Waals surface area contributed by atoms with Gasteiger partial charge in [-0.3, -0.25) is 15.4 Å². The summed E-state index contributed by atoms with van der Waals surface area (Å²) in [5, 5.41) is 25.4. The van der Waals surface area contributed by atoms with Crippen molar-refractivity contribution in [1.82, 2.24) is 10.2 Å². The number of anilines is 3. The first-order valence-electron chi connectivity index (χ1n) is 8.48. The number of hydrogen-bond donors (Lipinski definition) is 2. The number of piperidine rings is 1. The van der Waals surface area contributed by atoms with E-state index in [2.05, 4.69) is 32.7 Å². The Labute approximate surface area is 159 Å². The van der Waals surface area contributed by atoms with Crippen molar-refractivity contribution < 1.29 is 14.5 Å². The average Bonchev–Trinajstić information content (AvgIpc) is 3.10. The summed E-state index contributed by atoms with van der Waals surface area (Å²) in [5.41, 5.74) is 0.0435. The van der Waals surface area contributed by atoms with Crippen molar-refractivity contribution in [2.24, 2.45) is 0 Å². The lowest BCUT2D eigenvalue weighted by atomic mass is 10.1. The van der Waals surface area contributed by atoms with Crippen LogP contribution in [-0.2, 0) is 0 Å². The minimum absolute atomic E-state index is 0.150. The fourth-order valence-electron chi connectivity index (χ4n) is 2.92. The molecule has 144 valence electrons. The van der Waals surface area contributed by atoms with Gasteiger partial charge in [0.1, 0.15) is 5.75 Å². The Balaban J connectivity index is 1.68. The first kappa shape index (κ1) is 18.8. The van der Waals surface area contributed by atoms with Gasteiger partial charge in [-0.2, -0.15) is 0 Å². The number of benzene rings is 1. The summed E-state index contributed by atoms with van der Waals surface area (Å²) >= 11 is 1.29. The predicted molar refractivity (Wildman–Crippen MR) is 103 cm³/mol. The van der Waals surface area contributed by atoms with E-state index in [-0.39, 0.29) is 11.4 Å². The number of rotatable bonds is 5.